The number of carboxylic acid groups (broad SMARTS) is 1. The number of hydrogen-bond acceptors (Lipinski definition) is 8. The Labute approximate surface area is 343 Å². The molecular formula is C46H76N2O6S2. The average Bonchev–Trinajstić information content (AvgIpc) is 3.73. The second-order valence-electron chi connectivity index (χ2n) is 23.1. The Bertz CT molecular complexity index is 1660. The van der Waals surface area contributed by atoms with Gasteiger partial charge in [0.25, 0.3) is 0 Å². The molecule has 1 aliphatic heterocycles. The van der Waals surface area contributed by atoms with Gasteiger partial charge in [-0.05, 0) is 146 Å². The minimum atomic E-state index is -2.91. The van der Waals surface area contributed by atoms with Crippen molar-refractivity contribution in [2.75, 3.05) is 43.1 Å². The van der Waals surface area contributed by atoms with Crippen LogP contribution in [0.1, 0.15) is 139 Å². The lowest BCUT2D eigenvalue weighted by Crippen LogP contribution is -2.69. The summed E-state index contributed by atoms with van der Waals surface area (Å²) in [6.07, 6.45) is 17.4. The number of esters is 1. The van der Waals surface area contributed by atoms with E-state index >= 15 is 0 Å². The van der Waals surface area contributed by atoms with E-state index in [1.54, 1.807) is 0 Å². The summed E-state index contributed by atoms with van der Waals surface area (Å²) >= 11 is 1.90. The number of aliphatic carboxylic acids is 1. The van der Waals surface area contributed by atoms with Crippen LogP contribution in [0.4, 0.5) is 0 Å². The van der Waals surface area contributed by atoms with E-state index in [1.165, 1.54) is 64.2 Å². The minimum absolute atomic E-state index is 0.131. The molecule has 2 N–H and O–H groups in total. The fourth-order valence-corrected chi connectivity index (χ4v) is 18.2. The van der Waals surface area contributed by atoms with Gasteiger partial charge in [0.05, 0.1) is 23.3 Å². The van der Waals surface area contributed by atoms with Gasteiger partial charge in [-0.3, -0.25) is 14.5 Å². The van der Waals surface area contributed by atoms with Crippen molar-refractivity contribution in [1.29, 1.82) is 0 Å². The van der Waals surface area contributed by atoms with Crippen LogP contribution in [-0.4, -0.2) is 91.2 Å². The van der Waals surface area contributed by atoms with Crippen molar-refractivity contribution in [3.63, 3.8) is 0 Å². The van der Waals surface area contributed by atoms with Gasteiger partial charge in [0.2, 0.25) is 0 Å². The van der Waals surface area contributed by atoms with Gasteiger partial charge in [0.1, 0.15) is 6.10 Å². The SMILES string of the molecule is CSC[C@@H](CN[C@]12CC[C@@H](C3(C)CC3)[C@@H]1[C@H]1CC[C@@H]3[C@@]4(C)CC[C@H](OC(=O)[C@H]5C[C@@H](C(=O)O)C5(C)C)C(C)(C)[C@@H]4CC[C@@]3(C)[C@]1(C)CC2)N1CCS(=O)(=O)CC1. The van der Waals surface area contributed by atoms with Crippen molar-refractivity contribution in [2.45, 2.75) is 157 Å². The van der Waals surface area contributed by atoms with Crippen molar-refractivity contribution in [3.05, 3.63) is 0 Å². The van der Waals surface area contributed by atoms with Crippen molar-refractivity contribution >= 4 is 33.5 Å². The van der Waals surface area contributed by atoms with Crippen molar-refractivity contribution in [2.24, 2.45) is 73.9 Å². The zero-order valence-electron chi connectivity index (χ0n) is 36.4. The van der Waals surface area contributed by atoms with Crippen LogP contribution >= 0.6 is 11.8 Å². The molecule has 0 radical (unpaired) electrons. The molecule has 0 aromatic heterocycles. The molecule has 8 fully saturated rings. The zero-order chi connectivity index (χ0) is 40.5. The van der Waals surface area contributed by atoms with Crippen molar-refractivity contribution in [3.8, 4) is 0 Å². The largest absolute Gasteiger partial charge is 0.481 e. The van der Waals surface area contributed by atoms with Gasteiger partial charge < -0.3 is 15.2 Å². The van der Waals surface area contributed by atoms with Crippen LogP contribution in [-0.2, 0) is 24.2 Å². The van der Waals surface area contributed by atoms with Crippen LogP contribution in [0, 0.1) is 73.9 Å². The van der Waals surface area contributed by atoms with Crippen molar-refractivity contribution < 1.29 is 27.9 Å². The predicted molar refractivity (Wildman–Crippen MR) is 225 cm³/mol. The highest BCUT2D eigenvalue weighted by molar-refractivity contribution is 7.98. The van der Waals surface area contributed by atoms with Gasteiger partial charge in [-0.25, -0.2) is 8.42 Å². The van der Waals surface area contributed by atoms with E-state index in [-0.39, 0.29) is 45.2 Å². The summed E-state index contributed by atoms with van der Waals surface area (Å²) < 4.78 is 31.2. The first-order valence-corrected chi connectivity index (χ1v) is 25.9. The Morgan fingerprint density at radius 1 is 0.786 bits per heavy atom. The second kappa shape index (κ2) is 13.8. The normalized spacial score (nSPS) is 47.5. The summed E-state index contributed by atoms with van der Waals surface area (Å²) in [5.74, 6) is 3.12. The maximum absolute atomic E-state index is 13.7. The summed E-state index contributed by atoms with van der Waals surface area (Å²) in [5, 5.41) is 14.1. The molecule has 13 atom stereocenters. The molecule has 318 valence electrons. The molecule has 1 heterocycles. The maximum Gasteiger partial charge on any atom is 0.309 e. The standard InChI is InChI=1S/C46H76N2O6S2/c1-40(2)32(38(49)50)26-33(40)39(51)54-36-14-15-43(6)34(41(36,3)4)13-16-45(8)35(43)11-10-31-37-30(42(5)18-19-42)12-17-46(37,21-20-44(31,45)7)47-27-29(28-55-9)48-22-24-56(52,53)25-23-48/h29-37,47H,10-28H2,1-9H3,(H,49,50)/t29-,30-,31-,32+,33-,34+,35-,36+,37-,43+,44-,45-,46+/m1/s1. The third-order valence-electron chi connectivity index (χ3n) is 20.4. The summed E-state index contributed by atoms with van der Waals surface area (Å²) in [6, 6.07) is 0.363. The average molecular weight is 817 g/mol. The van der Waals surface area contributed by atoms with Gasteiger partial charge in [0.15, 0.2) is 9.84 Å². The number of rotatable bonds is 10. The third kappa shape index (κ3) is 6.25. The Hall–Kier alpha value is -0.840. The highest BCUT2D eigenvalue weighted by atomic mass is 32.2. The first kappa shape index (κ1) is 41.9. The number of nitrogens with zero attached hydrogens (tertiary/aromatic N) is 1. The lowest BCUT2D eigenvalue weighted by Gasteiger charge is -2.73. The fraction of sp³-hybridized carbons (Fsp3) is 0.957. The van der Waals surface area contributed by atoms with Gasteiger partial charge in [-0.15, -0.1) is 0 Å². The number of carboxylic acids is 1. The highest BCUT2D eigenvalue weighted by Gasteiger charge is 2.72. The molecule has 8 nitrogen and oxygen atoms in total. The van der Waals surface area contributed by atoms with E-state index in [1.807, 2.05) is 25.6 Å². The summed E-state index contributed by atoms with van der Waals surface area (Å²) in [6.45, 7) is 21.6. The van der Waals surface area contributed by atoms with E-state index in [2.05, 4.69) is 58.0 Å². The number of hydrogen-bond donors (Lipinski definition) is 2. The first-order chi connectivity index (χ1) is 26.1. The molecule has 0 bridgehead atoms. The number of ether oxygens (including phenoxy) is 1. The van der Waals surface area contributed by atoms with Crippen molar-refractivity contribution in [1.82, 2.24) is 10.2 Å². The molecule has 56 heavy (non-hydrogen) atoms. The number of fused-ring (bicyclic) bond motifs is 7. The molecule has 0 aromatic rings. The topological polar surface area (TPSA) is 113 Å². The lowest BCUT2D eigenvalue weighted by atomic mass is 9.32. The number of carbonyl (C=O) groups excluding carboxylic acids is 1. The Morgan fingerprint density at radius 2 is 1.48 bits per heavy atom. The lowest BCUT2D eigenvalue weighted by molar-refractivity contribution is -0.249. The maximum atomic E-state index is 13.7. The number of thioether (sulfide) groups is 1. The van der Waals surface area contributed by atoms with E-state index in [4.69, 9.17) is 4.74 Å². The van der Waals surface area contributed by atoms with Crippen LogP contribution < -0.4 is 5.32 Å². The number of nitrogens with one attached hydrogen (secondary N) is 1. The van der Waals surface area contributed by atoms with Crippen LogP contribution in [0.25, 0.3) is 0 Å². The molecule has 0 spiro atoms. The molecule has 7 saturated carbocycles. The fourth-order valence-electron chi connectivity index (χ4n) is 16.3. The molecule has 10 heteroatoms. The van der Waals surface area contributed by atoms with Crippen LogP contribution in [0.15, 0.2) is 0 Å². The molecule has 8 aliphatic rings. The molecular weight excluding hydrogens is 741 g/mol. The van der Waals surface area contributed by atoms with E-state index in [0.29, 0.717) is 66.1 Å². The molecule has 0 unspecified atom stereocenters. The summed E-state index contributed by atoms with van der Waals surface area (Å²) in [4.78, 5) is 28.0. The Morgan fingerprint density at radius 3 is 2.11 bits per heavy atom. The first-order valence-electron chi connectivity index (χ1n) is 22.7. The van der Waals surface area contributed by atoms with Gasteiger partial charge in [-0.2, -0.15) is 11.8 Å². The summed E-state index contributed by atoms with van der Waals surface area (Å²) in [7, 11) is -2.91. The van der Waals surface area contributed by atoms with Gasteiger partial charge in [-0.1, -0.05) is 55.4 Å². The van der Waals surface area contributed by atoms with Crippen LogP contribution in [0.5, 0.6) is 0 Å². The van der Waals surface area contributed by atoms with E-state index in [9.17, 15) is 23.1 Å². The minimum Gasteiger partial charge on any atom is -0.481 e. The summed E-state index contributed by atoms with van der Waals surface area (Å²) in [5.41, 5.74) is 0.660. The molecule has 0 aromatic carbocycles. The molecule has 0 amide bonds. The van der Waals surface area contributed by atoms with Crippen LogP contribution in [0.2, 0.25) is 0 Å². The van der Waals surface area contributed by atoms with Gasteiger partial charge >= 0.3 is 11.9 Å². The smallest absolute Gasteiger partial charge is 0.309 e. The molecule has 1 saturated heterocycles. The Balaban J connectivity index is 1.02. The second-order valence-corrected chi connectivity index (χ2v) is 26.3. The van der Waals surface area contributed by atoms with Gasteiger partial charge in [0, 0.05) is 42.4 Å². The monoisotopic (exact) mass is 817 g/mol. The molecule has 7 aliphatic carbocycles. The highest BCUT2D eigenvalue weighted by Crippen LogP contribution is 2.78. The third-order valence-corrected chi connectivity index (χ3v) is 22.7. The predicted octanol–water partition coefficient (Wildman–Crippen LogP) is 8.33. The van der Waals surface area contributed by atoms with Crippen LogP contribution in [0.3, 0.4) is 0 Å². The Kier molecular flexibility index (Phi) is 10.3. The number of sulfone groups is 1. The molecule has 8 rings (SSSR count). The quantitative estimate of drug-likeness (QED) is 0.210. The number of carbonyl (C=O) groups is 2. The van der Waals surface area contributed by atoms with E-state index < -0.39 is 27.1 Å². The zero-order valence-corrected chi connectivity index (χ0v) is 38.0. The van der Waals surface area contributed by atoms with E-state index in [0.717, 1.165) is 31.1 Å².